The van der Waals surface area contributed by atoms with Gasteiger partial charge in [0, 0.05) is 23.2 Å². The Morgan fingerprint density at radius 3 is 2.30 bits per heavy atom. The lowest BCUT2D eigenvalue weighted by Crippen LogP contribution is -2.35. The first kappa shape index (κ1) is 17.5. The molecule has 0 fully saturated rings. The van der Waals surface area contributed by atoms with Crippen LogP contribution in [0.2, 0.25) is 0 Å². The molecule has 0 bridgehead atoms. The van der Waals surface area contributed by atoms with Crippen molar-refractivity contribution in [3.05, 3.63) is 22.7 Å². The van der Waals surface area contributed by atoms with Crippen molar-refractivity contribution in [3.8, 4) is 0 Å². The Kier molecular flexibility index (Phi) is 6.48. The number of rotatable bonds is 7. The highest BCUT2D eigenvalue weighted by Crippen LogP contribution is 2.28. The number of hydrogen-bond donors (Lipinski definition) is 1. The molecule has 0 aromatic heterocycles. The van der Waals surface area contributed by atoms with Gasteiger partial charge >= 0.3 is 0 Å². The Hall–Kier alpha value is -0.590. The number of hydrogen-bond acceptors (Lipinski definition) is 3. The lowest BCUT2D eigenvalue weighted by Gasteiger charge is -2.25. The molecule has 0 saturated carbocycles. The first-order valence-electron chi connectivity index (χ1n) is 6.91. The lowest BCUT2D eigenvalue weighted by atomic mass is 10.0. The van der Waals surface area contributed by atoms with Crippen LogP contribution in [0.1, 0.15) is 33.6 Å². The maximum Gasteiger partial charge on any atom is 0.244 e. The Balaban J connectivity index is 3.11. The van der Waals surface area contributed by atoms with Gasteiger partial charge < -0.3 is 5.73 Å². The van der Waals surface area contributed by atoms with Crippen LogP contribution in [0.3, 0.4) is 0 Å². The van der Waals surface area contributed by atoms with Crippen LogP contribution in [0, 0.1) is 5.92 Å². The van der Waals surface area contributed by atoms with E-state index >= 15 is 0 Å². The van der Waals surface area contributed by atoms with E-state index in [1.165, 1.54) is 0 Å². The van der Waals surface area contributed by atoms with Gasteiger partial charge in [-0.1, -0.05) is 33.6 Å². The quantitative estimate of drug-likeness (QED) is 0.755. The molecule has 0 atom stereocenters. The first-order valence-corrected chi connectivity index (χ1v) is 9.15. The van der Waals surface area contributed by atoms with Gasteiger partial charge in [-0.3, -0.25) is 0 Å². The maximum absolute atomic E-state index is 12.7. The number of halogens is 1. The number of nitrogens with zero attached hydrogens (tertiary/aromatic N) is 1. The van der Waals surface area contributed by atoms with Gasteiger partial charge in [0.1, 0.15) is 0 Å². The summed E-state index contributed by atoms with van der Waals surface area (Å²) in [5, 5.41) is 0. The van der Waals surface area contributed by atoms with Crippen LogP contribution in [-0.4, -0.2) is 25.8 Å². The summed E-state index contributed by atoms with van der Waals surface area (Å²) < 4.78 is 27.5. The number of sulfonamides is 1. The molecular formula is C14H23BrN2O2S. The minimum Gasteiger partial charge on any atom is -0.399 e. The highest BCUT2D eigenvalue weighted by Gasteiger charge is 2.26. The van der Waals surface area contributed by atoms with Crippen LogP contribution in [0.4, 0.5) is 5.69 Å². The summed E-state index contributed by atoms with van der Waals surface area (Å²) >= 11 is 3.29. The summed E-state index contributed by atoms with van der Waals surface area (Å²) in [6.07, 6.45) is 1.96. The predicted octanol–water partition coefficient (Wildman–Crippen LogP) is 3.48. The summed E-state index contributed by atoms with van der Waals surface area (Å²) in [7, 11) is -3.48. The molecule has 1 aromatic rings. The van der Waals surface area contributed by atoms with E-state index in [2.05, 4.69) is 29.8 Å². The van der Waals surface area contributed by atoms with E-state index in [-0.39, 0.29) is 4.90 Å². The zero-order valence-corrected chi connectivity index (χ0v) is 14.7. The highest BCUT2D eigenvalue weighted by molar-refractivity contribution is 9.10. The molecule has 0 heterocycles. The van der Waals surface area contributed by atoms with E-state index < -0.39 is 10.0 Å². The second-order valence-electron chi connectivity index (χ2n) is 4.83. The van der Waals surface area contributed by atoms with Crippen LogP contribution >= 0.6 is 15.9 Å². The van der Waals surface area contributed by atoms with E-state index in [9.17, 15) is 8.42 Å². The van der Waals surface area contributed by atoms with Crippen molar-refractivity contribution < 1.29 is 8.42 Å². The molecule has 2 N–H and O–H groups in total. The van der Waals surface area contributed by atoms with Gasteiger partial charge in [-0.2, -0.15) is 4.31 Å². The third-order valence-corrected chi connectivity index (χ3v) is 6.46. The number of anilines is 1. The normalized spacial score (nSPS) is 12.3. The molecule has 4 nitrogen and oxygen atoms in total. The summed E-state index contributed by atoms with van der Waals surface area (Å²) in [5.41, 5.74) is 6.21. The van der Waals surface area contributed by atoms with Gasteiger partial charge in [0.15, 0.2) is 0 Å². The predicted molar refractivity (Wildman–Crippen MR) is 87.1 cm³/mol. The molecule has 1 aromatic carbocycles. The standard InChI is InChI=1S/C14H23BrN2O2S/c1-4-11(5-2)10-17(6-3)20(18,19)14-8-7-12(16)9-13(14)15/h7-9,11H,4-6,10,16H2,1-3H3. The zero-order chi connectivity index (χ0) is 15.3. The Morgan fingerprint density at radius 1 is 1.25 bits per heavy atom. The average Bonchev–Trinajstić information content (AvgIpc) is 2.39. The van der Waals surface area contributed by atoms with Crippen LogP contribution in [0.25, 0.3) is 0 Å². The minimum atomic E-state index is -3.48. The van der Waals surface area contributed by atoms with Gasteiger partial charge in [-0.15, -0.1) is 0 Å². The van der Waals surface area contributed by atoms with E-state index in [1.54, 1.807) is 22.5 Å². The molecule has 0 saturated heterocycles. The van der Waals surface area contributed by atoms with E-state index in [1.807, 2.05) is 6.92 Å². The van der Waals surface area contributed by atoms with Gasteiger partial charge in [-0.05, 0) is 40.0 Å². The minimum absolute atomic E-state index is 0.277. The Labute approximate surface area is 130 Å². The topological polar surface area (TPSA) is 63.4 Å². The van der Waals surface area contributed by atoms with Crippen LogP contribution in [0.15, 0.2) is 27.6 Å². The number of benzene rings is 1. The van der Waals surface area contributed by atoms with Gasteiger partial charge in [-0.25, -0.2) is 8.42 Å². The summed E-state index contributed by atoms with van der Waals surface area (Å²) in [4.78, 5) is 0.277. The maximum atomic E-state index is 12.7. The zero-order valence-electron chi connectivity index (χ0n) is 12.3. The van der Waals surface area contributed by atoms with Crippen LogP contribution in [0.5, 0.6) is 0 Å². The van der Waals surface area contributed by atoms with E-state index in [0.717, 1.165) is 12.8 Å². The molecular weight excluding hydrogens is 340 g/mol. The summed E-state index contributed by atoms with van der Waals surface area (Å²) in [6.45, 7) is 7.07. The average molecular weight is 363 g/mol. The van der Waals surface area contributed by atoms with Gasteiger partial charge in [0.05, 0.1) is 4.90 Å². The number of nitrogens with two attached hydrogens (primary N) is 1. The molecule has 1 rings (SSSR count). The van der Waals surface area contributed by atoms with Gasteiger partial charge in [0.25, 0.3) is 0 Å². The fraction of sp³-hybridized carbons (Fsp3) is 0.571. The molecule has 114 valence electrons. The SMILES string of the molecule is CCC(CC)CN(CC)S(=O)(=O)c1ccc(N)cc1Br. The van der Waals surface area contributed by atoms with Crippen molar-refractivity contribution in [1.82, 2.24) is 4.31 Å². The van der Waals surface area contributed by atoms with Crippen molar-refractivity contribution >= 4 is 31.6 Å². The van der Waals surface area contributed by atoms with E-state index in [4.69, 9.17) is 5.73 Å². The van der Waals surface area contributed by atoms with Crippen molar-refractivity contribution in [2.75, 3.05) is 18.8 Å². The van der Waals surface area contributed by atoms with Crippen molar-refractivity contribution in [2.45, 2.75) is 38.5 Å². The fourth-order valence-electron chi connectivity index (χ4n) is 2.10. The monoisotopic (exact) mass is 362 g/mol. The second kappa shape index (κ2) is 7.43. The van der Waals surface area contributed by atoms with Crippen molar-refractivity contribution in [3.63, 3.8) is 0 Å². The molecule has 0 unspecified atom stereocenters. The summed E-state index contributed by atoms with van der Waals surface area (Å²) in [5.74, 6) is 0.386. The molecule has 20 heavy (non-hydrogen) atoms. The van der Waals surface area contributed by atoms with Crippen LogP contribution in [-0.2, 0) is 10.0 Å². The number of nitrogen functional groups attached to an aromatic ring is 1. The Morgan fingerprint density at radius 2 is 1.85 bits per heavy atom. The van der Waals surface area contributed by atoms with E-state index in [0.29, 0.717) is 29.2 Å². The fourth-order valence-corrected chi connectivity index (χ4v) is 4.68. The largest absolute Gasteiger partial charge is 0.399 e. The Bertz CT molecular complexity index is 542. The van der Waals surface area contributed by atoms with Gasteiger partial charge in [0.2, 0.25) is 10.0 Å². The summed E-state index contributed by atoms with van der Waals surface area (Å²) in [6, 6.07) is 4.80. The molecule has 0 aliphatic rings. The second-order valence-corrected chi connectivity index (χ2v) is 7.59. The third kappa shape index (κ3) is 3.96. The third-order valence-electron chi connectivity index (χ3n) is 3.54. The molecule has 0 aliphatic heterocycles. The highest BCUT2D eigenvalue weighted by atomic mass is 79.9. The molecule has 0 aliphatic carbocycles. The van der Waals surface area contributed by atoms with Crippen LogP contribution < -0.4 is 5.73 Å². The smallest absolute Gasteiger partial charge is 0.244 e. The molecule has 0 amide bonds. The van der Waals surface area contributed by atoms with Crippen molar-refractivity contribution in [1.29, 1.82) is 0 Å². The van der Waals surface area contributed by atoms with Crippen molar-refractivity contribution in [2.24, 2.45) is 5.92 Å². The molecule has 0 radical (unpaired) electrons. The first-order chi connectivity index (χ1) is 9.36. The molecule has 0 spiro atoms. The lowest BCUT2D eigenvalue weighted by molar-refractivity contribution is 0.339. The molecule has 6 heteroatoms.